The Bertz CT molecular complexity index is 5400. The van der Waals surface area contributed by atoms with Crippen LogP contribution in [0.2, 0.25) is 40.2 Å². The Labute approximate surface area is 833 Å². The van der Waals surface area contributed by atoms with E-state index in [9.17, 15) is 36.0 Å². The van der Waals surface area contributed by atoms with E-state index in [0.29, 0.717) is 176 Å². The van der Waals surface area contributed by atoms with Crippen LogP contribution in [0.3, 0.4) is 0 Å². The average Bonchev–Trinajstić information content (AvgIpc) is 1.46. The number of halogens is 8. The first kappa shape index (κ1) is 105. The number of hydrogen-bond acceptors (Lipinski definition) is 19. The third kappa shape index (κ3) is 32.2. The molecule has 0 atom stereocenters. The van der Waals surface area contributed by atoms with Crippen LogP contribution in [0.15, 0.2) is 201 Å². The predicted octanol–water partition coefficient (Wildman–Crippen LogP) is 17.1. The Morgan fingerprint density at radius 3 is 1.01 bits per heavy atom. The minimum absolute atomic E-state index is 0.0285. The van der Waals surface area contributed by atoms with Gasteiger partial charge in [0.05, 0.1) is 74.8 Å². The largest absolute Gasteiger partial charge is 0.368 e. The van der Waals surface area contributed by atoms with Crippen molar-refractivity contribution in [3.8, 4) is 0 Å². The zero-order valence-electron chi connectivity index (χ0n) is 75.9. The Morgan fingerprint density at radius 2 is 0.644 bits per heavy atom. The Kier molecular flexibility index (Phi) is 41.1. The molecule has 726 valence electrons. The number of piperidine rings is 1. The fraction of sp³-hybridized carbons (Fsp3) is 0.426. The number of benzene rings is 5. The molecular weight excluding hydrogens is 1930 g/mol. The summed E-state index contributed by atoms with van der Waals surface area (Å²) in [5.41, 5.74) is 7.50. The second-order valence-electron chi connectivity index (χ2n) is 33.3. The highest BCUT2D eigenvalue weighted by atomic mass is 35.5. The maximum Gasteiger partial charge on any atom is 0.321 e. The number of pyridine rings is 4. The van der Waals surface area contributed by atoms with Gasteiger partial charge in [0.15, 0.2) is 0 Å². The lowest BCUT2D eigenvalue weighted by molar-refractivity contribution is 0.124. The van der Waals surface area contributed by atoms with Gasteiger partial charge in [-0.05, 0) is 157 Å². The smallest absolute Gasteiger partial charge is 0.321 e. The molecular formula is C94H119Cl8N23O8S2. The highest BCUT2D eigenvalue weighted by Crippen LogP contribution is 2.38. The summed E-state index contributed by atoms with van der Waals surface area (Å²) in [6.45, 7) is 19.6. The quantitative estimate of drug-likeness (QED) is 0.0524. The normalized spacial score (nSPS) is 17.6. The number of nitrogens with zero attached hydrogens (tertiary/aromatic N) is 17. The highest BCUT2D eigenvalue weighted by molar-refractivity contribution is 7.87. The van der Waals surface area contributed by atoms with Crippen LogP contribution in [0, 0.1) is 5.92 Å². The molecule has 0 radical (unpaired) electrons. The minimum Gasteiger partial charge on any atom is -0.368 e. The Hall–Kier alpha value is -9.24. The molecule has 135 heavy (non-hydrogen) atoms. The van der Waals surface area contributed by atoms with E-state index in [1.165, 1.54) is 54.0 Å². The second-order valence-corrected chi connectivity index (χ2v) is 40.2. The Morgan fingerprint density at radius 1 is 0.319 bits per heavy atom. The van der Waals surface area contributed by atoms with Gasteiger partial charge < -0.3 is 70.3 Å². The summed E-state index contributed by atoms with van der Waals surface area (Å²) in [6, 6.07) is 48.3. The third-order valence-electron chi connectivity index (χ3n) is 24.1. The molecule has 8 fully saturated rings. The van der Waals surface area contributed by atoms with Gasteiger partial charge in [-0.15, -0.1) is 0 Å². The zero-order chi connectivity index (χ0) is 95.6. The molecule has 0 bridgehead atoms. The number of rotatable bonds is 16. The van der Waals surface area contributed by atoms with Gasteiger partial charge in [0.25, 0.3) is 20.4 Å². The lowest BCUT2D eigenvalue weighted by atomic mass is 10.0. The van der Waals surface area contributed by atoms with E-state index >= 15 is 0 Å². The molecule has 0 unspecified atom stereocenters. The van der Waals surface area contributed by atoms with Crippen LogP contribution in [-0.2, 0) is 20.4 Å². The van der Waals surface area contributed by atoms with Gasteiger partial charge >= 0.3 is 24.1 Å². The first-order valence-corrected chi connectivity index (χ1v) is 51.4. The number of aromatic nitrogens is 4. The van der Waals surface area contributed by atoms with Crippen molar-refractivity contribution in [2.24, 2.45) is 5.92 Å². The number of carbonyl (C=O) groups excluding carboxylic acids is 4. The van der Waals surface area contributed by atoms with Gasteiger partial charge in [-0.1, -0.05) is 172 Å². The van der Waals surface area contributed by atoms with Crippen LogP contribution in [0.1, 0.15) is 57.8 Å². The van der Waals surface area contributed by atoms with Gasteiger partial charge in [-0.2, -0.15) is 25.4 Å². The fourth-order valence-electron chi connectivity index (χ4n) is 16.6. The summed E-state index contributed by atoms with van der Waals surface area (Å²) in [7, 11) is -3.19. The van der Waals surface area contributed by atoms with Crippen molar-refractivity contribution >= 4 is 189 Å². The zero-order valence-corrected chi connectivity index (χ0v) is 83.6. The fourth-order valence-corrected chi connectivity index (χ4v) is 21.3. The summed E-state index contributed by atoms with van der Waals surface area (Å²) in [6.07, 6.45) is 22.1. The molecule has 8 aliphatic rings. The van der Waals surface area contributed by atoms with Crippen molar-refractivity contribution in [2.45, 2.75) is 63.8 Å². The van der Waals surface area contributed by atoms with E-state index < -0.39 is 20.4 Å². The van der Waals surface area contributed by atoms with Gasteiger partial charge in [0, 0.05) is 243 Å². The van der Waals surface area contributed by atoms with Crippen LogP contribution in [-0.4, -0.2) is 296 Å². The van der Waals surface area contributed by atoms with Gasteiger partial charge in [-0.3, -0.25) is 24.8 Å². The lowest BCUT2D eigenvalue weighted by Gasteiger charge is -2.36. The summed E-state index contributed by atoms with van der Waals surface area (Å²) in [5.74, 6) is 0.516. The molecule has 7 aliphatic heterocycles. The molecule has 9 aromatic rings. The van der Waals surface area contributed by atoms with Crippen LogP contribution >= 0.6 is 92.8 Å². The van der Waals surface area contributed by atoms with E-state index in [-0.39, 0.29) is 24.1 Å². The predicted molar refractivity (Wildman–Crippen MR) is 549 cm³/mol. The molecule has 5 aromatic carbocycles. The van der Waals surface area contributed by atoms with Crippen molar-refractivity contribution in [3.63, 3.8) is 0 Å². The standard InChI is InChI=1S/C18H19Cl2N3O.C18H28N4O.C17H20N4O.C16H16Cl2N4O.C14H20Cl2N4O2S.C11H16Cl2N4O2S/c19-15-8-4-9-16(20)17(15)22-10-5-11-23(13-12-22)18(24)21-14-6-2-1-3-7-14;1-20-12-8-17(9-13-20)21-10-5-11-22(15-14-21)18(23)19-16-6-3-2-4-7-16;22-17(19-15-6-2-1-3-7-15)21-11-5-10-20(12-13-21)16-8-4-9-18-14-16;17-13-10-19-11-14(18)15(13)21-6-8-22(9-7-21)16(23)20-12-4-2-1-3-5-12;15-12-9-17-10-13(16)14(12)19-4-1-5-20(7-6-19)23(21,22)18-8-11-2-3-11;1-14-20(18,19)17-4-2-3-16(5-6-17)11-9(12)7-15-8-10(11)13/h1-4,6-9H,5,10-13H2,(H,21,24);2-4,6-7,17H,5,8-15H2,1H3,(H,19,23);1-4,6-9,14H,5,10-13H2,(H,19,22);1-5,10-11H,6-9H2,(H,20,23);9-11,18H,1-8H2;7-8,14H,2-6H2,1H3. The van der Waals surface area contributed by atoms with E-state index in [1.54, 1.807) is 35.9 Å². The molecule has 0 spiro atoms. The first-order chi connectivity index (χ1) is 65.3. The molecule has 31 nitrogen and oxygen atoms in total. The number of nitrogens with one attached hydrogen (secondary N) is 6. The van der Waals surface area contributed by atoms with Crippen molar-refractivity contribution < 1.29 is 36.0 Å². The highest BCUT2D eigenvalue weighted by Gasteiger charge is 2.33. The number of likely N-dealkylation sites (tertiary alicyclic amines) is 1. The van der Waals surface area contributed by atoms with E-state index in [1.807, 2.05) is 176 Å². The number of piperazine rings is 1. The number of urea groups is 4. The summed E-state index contributed by atoms with van der Waals surface area (Å²) >= 11 is 49.7. The summed E-state index contributed by atoms with van der Waals surface area (Å²) < 4.78 is 56.4. The molecule has 17 rings (SSSR count). The number of hydrogen-bond donors (Lipinski definition) is 6. The number of anilines is 9. The Balaban J connectivity index is 0.000000146. The third-order valence-corrected chi connectivity index (χ3v) is 29.5. The summed E-state index contributed by atoms with van der Waals surface area (Å²) in [5, 5.41) is 16.0. The van der Waals surface area contributed by atoms with Gasteiger partial charge in [0.1, 0.15) is 0 Å². The lowest BCUT2D eigenvalue weighted by Crippen LogP contribution is -2.50. The molecule has 41 heteroatoms. The first-order valence-electron chi connectivity index (χ1n) is 45.5. The number of carbonyl (C=O) groups is 4. The van der Waals surface area contributed by atoms with Crippen LogP contribution in [0.5, 0.6) is 0 Å². The SMILES string of the molecule is CN1CCC(N2CCCN(C(=O)Nc3ccccc3)CC2)CC1.CNS(=O)(=O)N1CCCN(c2c(Cl)cncc2Cl)CC1.O=C(Nc1ccccc1)N1CCCN(c2c(Cl)cccc2Cl)CC1.O=C(Nc1ccccc1)N1CCCN(c2cccnc2)CC1.O=C(Nc1ccccc1)N1CCN(c2c(Cl)cncc2Cl)CC1.O=S(=O)(NCC1CC1)N1CCCN(c2c(Cl)cncc2Cl)CC1. The van der Waals surface area contributed by atoms with Crippen molar-refractivity contribution in [1.82, 2.24) is 67.4 Å². The van der Waals surface area contributed by atoms with Gasteiger partial charge in [0.2, 0.25) is 0 Å². The topological polar surface area (TPSA) is 302 Å². The van der Waals surface area contributed by atoms with Crippen LogP contribution in [0.25, 0.3) is 0 Å². The van der Waals surface area contributed by atoms with Crippen molar-refractivity contribution in [1.29, 1.82) is 0 Å². The average molecular weight is 2050 g/mol. The van der Waals surface area contributed by atoms with Crippen molar-refractivity contribution in [3.05, 3.63) is 241 Å². The van der Waals surface area contributed by atoms with E-state index in [0.717, 1.165) is 136 Å². The molecule has 4 aromatic heterocycles. The van der Waals surface area contributed by atoms with Gasteiger partial charge in [-0.25, -0.2) is 28.6 Å². The van der Waals surface area contributed by atoms with E-state index in [4.69, 9.17) is 92.8 Å². The number of amides is 8. The minimum atomic E-state index is -3.41. The molecule has 8 amide bonds. The van der Waals surface area contributed by atoms with Crippen LogP contribution in [0.4, 0.5) is 70.4 Å². The maximum absolute atomic E-state index is 12.4. The van der Waals surface area contributed by atoms with Crippen LogP contribution < -0.4 is 55.2 Å². The molecule has 7 saturated heterocycles. The molecule has 11 heterocycles. The van der Waals surface area contributed by atoms with E-state index in [2.05, 4.69) is 88.3 Å². The molecule has 6 N–H and O–H groups in total. The molecule has 1 aliphatic carbocycles. The molecule has 1 saturated carbocycles. The van der Waals surface area contributed by atoms with Crippen molar-refractivity contribution in [2.75, 3.05) is 237 Å². The number of para-hydroxylation sites is 5. The maximum atomic E-state index is 12.4. The second kappa shape index (κ2) is 53.1. The monoisotopic (exact) mass is 2040 g/mol. The summed E-state index contributed by atoms with van der Waals surface area (Å²) in [4.78, 5) is 88.5.